The number of piperazine rings is 1. The molecule has 1 fully saturated rings. The summed E-state index contributed by atoms with van der Waals surface area (Å²) in [6.07, 6.45) is 1.60. The third-order valence-electron chi connectivity index (χ3n) is 3.03. The summed E-state index contributed by atoms with van der Waals surface area (Å²) in [5.41, 5.74) is 0.566. The molecule has 0 radical (unpaired) electrons. The number of amides is 1. The molecule has 15 heavy (non-hydrogen) atoms. The van der Waals surface area contributed by atoms with E-state index in [4.69, 9.17) is 0 Å². The van der Waals surface area contributed by atoms with Gasteiger partial charge in [0.15, 0.2) is 0 Å². The highest BCUT2D eigenvalue weighted by atomic mass is 16.2. The van der Waals surface area contributed by atoms with Crippen molar-refractivity contribution in [1.82, 2.24) is 20.4 Å². The fourth-order valence-corrected chi connectivity index (χ4v) is 1.87. The molecular weight excluding hydrogens is 192 g/mol. The van der Waals surface area contributed by atoms with E-state index in [1.54, 1.807) is 12.3 Å². The normalized spacial score (nSPS) is 26.7. The Hall–Kier alpha value is -1.36. The predicted molar refractivity (Wildman–Crippen MR) is 56.6 cm³/mol. The molecule has 2 heterocycles. The van der Waals surface area contributed by atoms with Gasteiger partial charge < -0.3 is 10.2 Å². The molecule has 2 rings (SSSR count). The number of aromatic nitrogens is 2. The highest BCUT2D eigenvalue weighted by Crippen LogP contribution is 2.12. The zero-order valence-electron chi connectivity index (χ0n) is 9.03. The molecule has 1 aromatic rings. The quantitative estimate of drug-likeness (QED) is 0.694. The van der Waals surface area contributed by atoms with E-state index in [1.165, 1.54) is 0 Å². The SMILES string of the molecule is CC1NCCN(C(=O)c2ccn[nH]2)C1C. The standard InChI is InChI=1S/C10H16N4O/c1-7-8(2)14(6-5-11-7)10(15)9-3-4-12-13-9/h3-4,7-8,11H,5-6H2,1-2H3,(H,12,13). The van der Waals surface area contributed by atoms with E-state index < -0.39 is 0 Å². The van der Waals surface area contributed by atoms with Gasteiger partial charge in [0.05, 0.1) is 0 Å². The van der Waals surface area contributed by atoms with Gasteiger partial charge >= 0.3 is 0 Å². The summed E-state index contributed by atoms with van der Waals surface area (Å²) in [6, 6.07) is 2.27. The monoisotopic (exact) mass is 208 g/mol. The van der Waals surface area contributed by atoms with Crippen LogP contribution in [0.4, 0.5) is 0 Å². The van der Waals surface area contributed by atoms with Crippen molar-refractivity contribution in [3.63, 3.8) is 0 Å². The van der Waals surface area contributed by atoms with Crippen LogP contribution in [0, 0.1) is 0 Å². The summed E-state index contributed by atoms with van der Waals surface area (Å²) in [5, 5.41) is 9.84. The third-order valence-corrected chi connectivity index (χ3v) is 3.03. The van der Waals surface area contributed by atoms with Crippen molar-refractivity contribution in [2.24, 2.45) is 0 Å². The second kappa shape index (κ2) is 4.02. The lowest BCUT2D eigenvalue weighted by molar-refractivity contribution is 0.0597. The fourth-order valence-electron chi connectivity index (χ4n) is 1.87. The lowest BCUT2D eigenvalue weighted by Crippen LogP contribution is -2.57. The Kier molecular flexibility index (Phi) is 2.73. The Morgan fingerprint density at radius 1 is 1.60 bits per heavy atom. The van der Waals surface area contributed by atoms with Gasteiger partial charge in [-0.05, 0) is 19.9 Å². The molecule has 5 nitrogen and oxygen atoms in total. The number of hydrogen-bond acceptors (Lipinski definition) is 3. The zero-order valence-corrected chi connectivity index (χ0v) is 9.03. The van der Waals surface area contributed by atoms with E-state index >= 15 is 0 Å². The highest BCUT2D eigenvalue weighted by molar-refractivity contribution is 5.92. The van der Waals surface area contributed by atoms with E-state index in [-0.39, 0.29) is 11.9 Å². The first-order valence-corrected chi connectivity index (χ1v) is 5.24. The second-order valence-electron chi connectivity index (χ2n) is 3.95. The van der Waals surface area contributed by atoms with Crippen LogP contribution in [0.3, 0.4) is 0 Å². The lowest BCUT2D eigenvalue weighted by Gasteiger charge is -2.38. The number of carbonyl (C=O) groups is 1. The van der Waals surface area contributed by atoms with Crippen molar-refractivity contribution in [2.75, 3.05) is 13.1 Å². The summed E-state index contributed by atoms with van der Waals surface area (Å²) >= 11 is 0. The summed E-state index contributed by atoms with van der Waals surface area (Å²) in [7, 11) is 0. The molecular formula is C10H16N4O. The van der Waals surface area contributed by atoms with Crippen molar-refractivity contribution < 1.29 is 4.79 Å². The van der Waals surface area contributed by atoms with Gasteiger partial charge in [-0.25, -0.2) is 0 Å². The largest absolute Gasteiger partial charge is 0.332 e. The molecule has 0 aliphatic carbocycles. The van der Waals surface area contributed by atoms with Crippen LogP contribution >= 0.6 is 0 Å². The van der Waals surface area contributed by atoms with Crippen molar-refractivity contribution in [1.29, 1.82) is 0 Å². The van der Waals surface area contributed by atoms with E-state index in [0.29, 0.717) is 11.7 Å². The summed E-state index contributed by atoms with van der Waals surface area (Å²) < 4.78 is 0. The maximum absolute atomic E-state index is 12.0. The Morgan fingerprint density at radius 2 is 2.40 bits per heavy atom. The molecule has 1 aliphatic heterocycles. The van der Waals surface area contributed by atoms with Crippen molar-refractivity contribution >= 4 is 5.91 Å². The molecule has 1 amide bonds. The molecule has 0 saturated carbocycles. The smallest absolute Gasteiger partial charge is 0.272 e. The fraction of sp³-hybridized carbons (Fsp3) is 0.600. The second-order valence-corrected chi connectivity index (χ2v) is 3.95. The topological polar surface area (TPSA) is 61.0 Å². The van der Waals surface area contributed by atoms with Crippen LogP contribution in [0.25, 0.3) is 0 Å². The van der Waals surface area contributed by atoms with Crippen LogP contribution in [0.15, 0.2) is 12.3 Å². The van der Waals surface area contributed by atoms with Crippen LogP contribution in [0.1, 0.15) is 24.3 Å². The number of hydrogen-bond donors (Lipinski definition) is 2. The Balaban J connectivity index is 2.13. The van der Waals surface area contributed by atoms with Crippen LogP contribution in [0.2, 0.25) is 0 Å². The predicted octanol–water partition coefficient (Wildman–Crippen LogP) is 0.232. The molecule has 1 aromatic heterocycles. The minimum absolute atomic E-state index is 0.0355. The highest BCUT2D eigenvalue weighted by Gasteiger charge is 2.29. The van der Waals surface area contributed by atoms with E-state index in [2.05, 4.69) is 29.4 Å². The Labute approximate surface area is 88.8 Å². The molecule has 82 valence electrons. The number of nitrogens with zero attached hydrogens (tertiary/aromatic N) is 2. The molecule has 2 atom stereocenters. The van der Waals surface area contributed by atoms with Gasteiger partial charge in [-0.2, -0.15) is 5.10 Å². The maximum atomic E-state index is 12.0. The molecule has 0 bridgehead atoms. The van der Waals surface area contributed by atoms with Crippen LogP contribution in [0.5, 0.6) is 0 Å². The number of carbonyl (C=O) groups excluding carboxylic acids is 1. The van der Waals surface area contributed by atoms with Crippen LogP contribution in [-0.4, -0.2) is 46.2 Å². The first kappa shape index (κ1) is 10.2. The van der Waals surface area contributed by atoms with Crippen LogP contribution < -0.4 is 5.32 Å². The van der Waals surface area contributed by atoms with E-state index in [9.17, 15) is 4.79 Å². The molecule has 5 heteroatoms. The third kappa shape index (κ3) is 1.87. The first-order valence-electron chi connectivity index (χ1n) is 5.24. The van der Waals surface area contributed by atoms with E-state index in [1.807, 2.05) is 4.90 Å². The van der Waals surface area contributed by atoms with Crippen molar-refractivity contribution in [2.45, 2.75) is 25.9 Å². The minimum atomic E-state index is 0.0355. The van der Waals surface area contributed by atoms with Crippen molar-refractivity contribution in [3.05, 3.63) is 18.0 Å². The van der Waals surface area contributed by atoms with Gasteiger partial charge in [0.1, 0.15) is 5.69 Å². The van der Waals surface area contributed by atoms with Gasteiger partial charge in [0.25, 0.3) is 5.91 Å². The number of nitrogens with one attached hydrogen (secondary N) is 2. The average molecular weight is 208 g/mol. The maximum Gasteiger partial charge on any atom is 0.272 e. The Morgan fingerprint density at radius 3 is 3.07 bits per heavy atom. The zero-order chi connectivity index (χ0) is 10.8. The molecule has 0 spiro atoms. The van der Waals surface area contributed by atoms with Gasteiger partial charge in [-0.3, -0.25) is 9.89 Å². The molecule has 1 aliphatic rings. The Bertz CT molecular complexity index is 335. The molecule has 1 saturated heterocycles. The van der Waals surface area contributed by atoms with Crippen molar-refractivity contribution in [3.8, 4) is 0 Å². The molecule has 0 aromatic carbocycles. The van der Waals surface area contributed by atoms with Gasteiger partial charge in [0.2, 0.25) is 0 Å². The number of H-pyrrole nitrogens is 1. The minimum Gasteiger partial charge on any atom is -0.332 e. The lowest BCUT2D eigenvalue weighted by atomic mass is 10.1. The van der Waals surface area contributed by atoms with Gasteiger partial charge in [-0.1, -0.05) is 0 Å². The average Bonchev–Trinajstić information content (AvgIpc) is 2.74. The molecule has 2 N–H and O–H groups in total. The summed E-state index contributed by atoms with van der Waals surface area (Å²) in [5.74, 6) is 0.0355. The van der Waals surface area contributed by atoms with Gasteiger partial charge in [-0.15, -0.1) is 0 Å². The summed E-state index contributed by atoms with van der Waals surface area (Å²) in [4.78, 5) is 13.9. The first-order chi connectivity index (χ1) is 7.20. The number of aromatic amines is 1. The van der Waals surface area contributed by atoms with E-state index in [0.717, 1.165) is 13.1 Å². The molecule has 2 unspecified atom stereocenters. The summed E-state index contributed by atoms with van der Waals surface area (Å²) in [6.45, 7) is 5.76. The van der Waals surface area contributed by atoms with Crippen LogP contribution in [-0.2, 0) is 0 Å². The number of rotatable bonds is 1. The van der Waals surface area contributed by atoms with Gasteiger partial charge in [0, 0.05) is 31.4 Å².